The Kier molecular flexibility index (Phi) is 9.87. The van der Waals surface area contributed by atoms with Crippen LogP contribution < -0.4 is 0 Å². The summed E-state index contributed by atoms with van der Waals surface area (Å²) in [5, 5.41) is 2.45. The van der Waals surface area contributed by atoms with E-state index in [1.807, 2.05) is 12.1 Å². The van der Waals surface area contributed by atoms with Crippen molar-refractivity contribution in [2.75, 3.05) is 0 Å². The van der Waals surface area contributed by atoms with Crippen molar-refractivity contribution in [3.8, 4) is 19.5 Å². The van der Waals surface area contributed by atoms with Crippen molar-refractivity contribution in [3.05, 3.63) is 57.8 Å². The van der Waals surface area contributed by atoms with Crippen LogP contribution in [0.3, 0.4) is 0 Å². The van der Waals surface area contributed by atoms with Gasteiger partial charge in [-0.05, 0) is 36.6 Å². The molecule has 184 valence electrons. The molecule has 35 heavy (non-hydrogen) atoms. The summed E-state index contributed by atoms with van der Waals surface area (Å²) in [5.41, 5.74) is 1.30. The highest BCUT2D eigenvalue weighted by atomic mass is 32.1. The molecule has 0 unspecified atom stereocenters. The number of rotatable bonds is 15. The van der Waals surface area contributed by atoms with Crippen molar-refractivity contribution < 1.29 is 9.59 Å². The Morgan fingerprint density at radius 1 is 0.629 bits per heavy atom. The molecule has 0 radical (unpaired) electrons. The number of aldehydes is 2. The zero-order valence-corrected chi connectivity index (χ0v) is 23.0. The van der Waals surface area contributed by atoms with Gasteiger partial charge in [0.25, 0.3) is 0 Å². The molecule has 3 heterocycles. The highest BCUT2D eigenvalue weighted by Crippen LogP contribution is 2.48. The van der Waals surface area contributed by atoms with Crippen LogP contribution in [0.5, 0.6) is 0 Å². The van der Waals surface area contributed by atoms with Crippen molar-refractivity contribution >= 4 is 57.4 Å². The molecule has 0 bridgehead atoms. The Morgan fingerprint density at radius 2 is 1.26 bits per heavy atom. The number of hydrogen-bond donors (Lipinski definition) is 0. The lowest BCUT2D eigenvalue weighted by Gasteiger charge is -2.04. The third-order valence-electron chi connectivity index (χ3n) is 6.54. The van der Waals surface area contributed by atoms with E-state index in [4.69, 9.17) is 0 Å². The second-order valence-corrected chi connectivity index (χ2v) is 12.4. The van der Waals surface area contributed by atoms with Crippen LogP contribution in [0.15, 0.2) is 42.5 Å². The lowest BCUT2D eigenvalue weighted by atomic mass is 10.0. The normalized spacial score (nSPS) is 11.3. The van der Waals surface area contributed by atoms with Crippen LogP contribution in [0.25, 0.3) is 30.3 Å². The van der Waals surface area contributed by atoms with Gasteiger partial charge in [-0.2, -0.15) is 0 Å². The van der Waals surface area contributed by atoms with Gasteiger partial charge in [-0.15, -0.1) is 34.0 Å². The fraction of sp³-hybridized carbons (Fsp3) is 0.400. The molecule has 0 fully saturated rings. The van der Waals surface area contributed by atoms with Crippen LogP contribution in [0, 0.1) is 0 Å². The third-order valence-corrected chi connectivity index (χ3v) is 10.2. The molecule has 0 N–H and O–H groups in total. The molecule has 4 rings (SSSR count). The van der Waals surface area contributed by atoms with Gasteiger partial charge in [0.15, 0.2) is 12.6 Å². The molecule has 0 aliphatic rings. The summed E-state index contributed by atoms with van der Waals surface area (Å²) in [5.74, 6) is 0. The monoisotopic (exact) mass is 522 g/mol. The summed E-state index contributed by atoms with van der Waals surface area (Å²) < 4.78 is 0. The van der Waals surface area contributed by atoms with Crippen LogP contribution in [0.4, 0.5) is 0 Å². The molecule has 4 aromatic rings. The Hall–Kier alpha value is -2.08. The predicted octanol–water partition coefficient (Wildman–Crippen LogP) is 10.4. The number of hydrogen-bond acceptors (Lipinski definition) is 5. The van der Waals surface area contributed by atoms with E-state index in [1.54, 1.807) is 34.0 Å². The van der Waals surface area contributed by atoms with Gasteiger partial charge in [-0.25, -0.2) is 0 Å². The van der Waals surface area contributed by atoms with Gasteiger partial charge in [0.1, 0.15) is 0 Å². The summed E-state index contributed by atoms with van der Waals surface area (Å²) in [6, 6.07) is 14.6. The maximum Gasteiger partial charge on any atom is 0.160 e. The third kappa shape index (κ3) is 6.58. The standard InChI is InChI=1S/C30H34O2S3/c1-2-3-4-5-6-7-8-9-10-11-14-22-19-24(21-32)34-28(22)30-26-16-13-12-15-25(26)29(35-30)27-18-17-23(20-31)33-27/h12-13,15-21H,2-11,14H2,1H3. The van der Waals surface area contributed by atoms with Crippen LogP contribution in [-0.2, 0) is 6.42 Å². The molecule has 3 aromatic heterocycles. The Labute approximate surface area is 221 Å². The minimum atomic E-state index is 0.750. The fourth-order valence-electron chi connectivity index (χ4n) is 4.67. The van der Waals surface area contributed by atoms with Crippen LogP contribution in [0.1, 0.15) is 96.0 Å². The van der Waals surface area contributed by atoms with Gasteiger partial charge in [-0.1, -0.05) is 89.0 Å². The molecule has 1 aromatic carbocycles. The SMILES string of the molecule is CCCCCCCCCCCCc1cc(C=O)sc1-c1sc(-c2ccc(C=O)s2)c2ccccc12. The fourth-order valence-corrected chi connectivity index (χ4v) is 8.10. The molecule has 5 heteroatoms. The predicted molar refractivity (Wildman–Crippen MR) is 155 cm³/mol. The van der Waals surface area contributed by atoms with E-state index in [0.717, 1.165) is 33.6 Å². The van der Waals surface area contributed by atoms with Gasteiger partial charge in [0.05, 0.1) is 19.5 Å². The first kappa shape index (κ1) is 26.0. The van der Waals surface area contributed by atoms with Crippen molar-refractivity contribution in [1.29, 1.82) is 0 Å². The van der Waals surface area contributed by atoms with Crippen molar-refractivity contribution in [3.63, 3.8) is 0 Å². The summed E-state index contributed by atoms with van der Waals surface area (Å²) in [4.78, 5) is 29.3. The molecule has 0 amide bonds. The smallest absolute Gasteiger partial charge is 0.160 e. The quantitative estimate of drug-likeness (QED) is 0.115. The molecule has 0 atom stereocenters. The van der Waals surface area contributed by atoms with Gasteiger partial charge < -0.3 is 0 Å². The molecule has 0 saturated heterocycles. The van der Waals surface area contributed by atoms with Gasteiger partial charge >= 0.3 is 0 Å². The molecule has 2 nitrogen and oxygen atoms in total. The average molecular weight is 523 g/mol. The number of aryl methyl sites for hydroxylation is 1. The minimum Gasteiger partial charge on any atom is -0.297 e. The highest BCUT2D eigenvalue weighted by molar-refractivity contribution is 7.28. The molecular formula is C30H34O2S3. The van der Waals surface area contributed by atoms with E-state index in [-0.39, 0.29) is 0 Å². The largest absolute Gasteiger partial charge is 0.297 e. The molecule has 0 saturated carbocycles. The zero-order chi connectivity index (χ0) is 24.5. The highest BCUT2D eigenvalue weighted by Gasteiger charge is 2.19. The van der Waals surface area contributed by atoms with Crippen molar-refractivity contribution in [2.24, 2.45) is 0 Å². The van der Waals surface area contributed by atoms with Gasteiger partial charge in [0, 0.05) is 20.5 Å². The lowest BCUT2D eigenvalue weighted by Crippen LogP contribution is -1.87. The van der Waals surface area contributed by atoms with E-state index < -0.39 is 0 Å². The second-order valence-electron chi connectivity index (χ2n) is 9.18. The molecule has 0 aliphatic heterocycles. The second kappa shape index (κ2) is 13.3. The van der Waals surface area contributed by atoms with Crippen molar-refractivity contribution in [1.82, 2.24) is 0 Å². The number of thiophene rings is 3. The first-order valence-corrected chi connectivity index (χ1v) is 15.3. The lowest BCUT2D eigenvalue weighted by molar-refractivity contribution is 0.111. The Bertz CT molecular complexity index is 1240. The van der Waals surface area contributed by atoms with Crippen molar-refractivity contribution in [2.45, 2.75) is 77.6 Å². The summed E-state index contributed by atoms with van der Waals surface area (Å²) in [7, 11) is 0. The Morgan fingerprint density at radius 3 is 1.89 bits per heavy atom. The van der Waals surface area contributed by atoms with E-state index >= 15 is 0 Å². The molecule has 0 spiro atoms. The first-order chi connectivity index (χ1) is 17.2. The van der Waals surface area contributed by atoms with E-state index in [9.17, 15) is 9.59 Å². The average Bonchev–Trinajstić information content (AvgIpc) is 3.61. The maximum absolute atomic E-state index is 11.7. The van der Waals surface area contributed by atoms with E-state index in [2.05, 4.69) is 37.3 Å². The minimum absolute atomic E-state index is 0.750. The number of benzene rings is 1. The first-order valence-electron chi connectivity index (χ1n) is 12.9. The molecular weight excluding hydrogens is 489 g/mol. The summed E-state index contributed by atoms with van der Waals surface area (Å²) in [6.45, 7) is 2.27. The van der Waals surface area contributed by atoms with Crippen LogP contribution >= 0.6 is 34.0 Å². The van der Waals surface area contributed by atoms with Crippen LogP contribution in [0.2, 0.25) is 0 Å². The number of fused-ring (bicyclic) bond motifs is 1. The van der Waals surface area contributed by atoms with Gasteiger partial charge in [0.2, 0.25) is 0 Å². The van der Waals surface area contributed by atoms with E-state index in [0.29, 0.717) is 0 Å². The van der Waals surface area contributed by atoms with Gasteiger partial charge in [-0.3, -0.25) is 9.59 Å². The number of carbonyl (C=O) groups is 2. The van der Waals surface area contributed by atoms with Crippen LogP contribution in [-0.4, -0.2) is 12.6 Å². The summed E-state index contributed by atoms with van der Waals surface area (Å²) in [6.07, 6.45) is 16.2. The topological polar surface area (TPSA) is 34.1 Å². The maximum atomic E-state index is 11.7. The number of carbonyl (C=O) groups excluding carboxylic acids is 2. The van der Waals surface area contributed by atoms with E-state index in [1.165, 1.54) is 95.2 Å². The number of unbranched alkanes of at least 4 members (excludes halogenated alkanes) is 9. The molecule has 0 aliphatic carbocycles. The Balaban J connectivity index is 1.47. The summed E-state index contributed by atoms with van der Waals surface area (Å²) >= 11 is 4.95. The zero-order valence-electron chi connectivity index (χ0n) is 20.5.